The Morgan fingerprint density at radius 1 is 1.11 bits per heavy atom. The van der Waals surface area contributed by atoms with Gasteiger partial charge in [-0.1, -0.05) is 11.6 Å². The first-order valence-electron chi connectivity index (χ1n) is 5.50. The van der Waals surface area contributed by atoms with E-state index in [9.17, 15) is 14.4 Å². The summed E-state index contributed by atoms with van der Waals surface area (Å²) in [6, 6.07) is 6.18. The Morgan fingerprint density at radius 3 is 2.22 bits per heavy atom. The molecule has 0 saturated carbocycles. The zero-order chi connectivity index (χ0) is 13.1. The molecule has 5 nitrogen and oxygen atoms in total. The summed E-state index contributed by atoms with van der Waals surface area (Å²) in [6.07, 6.45) is 1.07. The van der Waals surface area contributed by atoms with Gasteiger partial charge < -0.3 is 0 Å². The molecule has 1 aliphatic rings. The van der Waals surface area contributed by atoms with Gasteiger partial charge in [0.05, 0.1) is 0 Å². The van der Waals surface area contributed by atoms with Gasteiger partial charge in [-0.2, -0.15) is 5.01 Å². The first kappa shape index (κ1) is 12.6. The largest absolute Gasteiger partial charge is 0.273 e. The maximum atomic E-state index is 11.8. The van der Waals surface area contributed by atoms with Crippen molar-refractivity contribution in [3.8, 4) is 0 Å². The van der Waals surface area contributed by atoms with Crippen molar-refractivity contribution in [1.29, 1.82) is 0 Å². The number of carbonyl (C=O) groups is 3. The van der Waals surface area contributed by atoms with Gasteiger partial charge >= 0.3 is 0 Å². The molecule has 0 unspecified atom stereocenters. The van der Waals surface area contributed by atoms with Crippen molar-refractivity contribution < 1.29 is 14.4 Å². The summed E-state index contributed by atoms with van der Waals surface area (Å²) >= 11 is 5.70. The minimum absolute atomic E-state index is 0.270. The number of rotatable bonds is 2. The summed E-state index contributed by atoms with van der Waals surface area (Å²) in [7, 11) is 0. The summed E-state index contributed by atoms with van der Waals surface area (Å²) in [5.41, 5.74) is 2.64. The van der Waals surface area contributed by atoms with E-state index in [1.165, 1.54) is 12.1 Å². The summed E-state index contributed by atoms with van der Waals surface area (Å²) in [6.45, 7) is 0. The molecule has 1 aromatic rings. The molecule has 0 spiro atoms. The topological polar surface area (TPSA) is 66.5 Å². The van der Waals surface area contributed by atoms with Crippen LogP contribution in [-0.4, -0.2) is 22.7 Å². The summed E-state index contributed by atoms with van der Waals surface area (Å²) in [5.74, 6) is -1.27. The predicted molar refractivity (Wildman–Crippen MR) is 64.6 cm³/mol. The maximum absolute atomic E-state index is 11.8. The highest BCUT2D eigenvalue weighted by Crippen LogP contribution is 2.12. The molecule has 0 bridgehead atoms. The average Bonchev–Trinajstić information content (AvgIpc) is 2.34. The van der Waals surface area contributed by atoms with Crippen molar-refractivity contribution in [3.63, 3.8) is 0 Å². The summed E-state index contributed by atoms with van der Waals surface area (Å²) in [4.78, 5) is 34.8. The van der Waals surface area contributed by atoms with Crippen LogP contribution in [-0.2, 0) is 9.59 Å². The zero-order valence-corrected chi connectivity index (χ0v) is 10.2. The van der Waals surface area contributed by atoms with Crippen LogP contribution in [0.5, 0.6) is 0 Å². The van der Waals surface area contributed by atoms with Crippen molar-refractivity contribution in [2.45, 2.75) is 19.3 Å². The number of hydrogen-bond donors (Lipinski definition) is 1. The van der Waals surface area contributed by atoms with Crippen molar-refractivity contribution >= 4 is 29.3 Å². The molecule has 0 atom stereocenters. The molecule has 94 valence electrons. The Balaban J connectivity index is 2.08. The molecule has 0 aliphatic carbocycles. The fourth-order valence-corrected chi connectivity index (χ4v) is 1.77. The second-order valence-corrected chi connectivity index (χ2v) is 4.36. The molecule has 1 aliphatic heterocycles. The van der Waals surface area contributed by atoms with Crippen LogP contribution in [0.2, 0.25) is 5.02 Å². The number of imide groups is 1. The van der Waals surface area contributed by atoms with Gasteiger partial charge in [0, 0.05) is 23.4 Å². The van der Waals surface area contributed by atoms with Crippen LogP contribution in [0, 0.1) is 0 Å². The van der Waals surface area contributed by atoms with Crippen LogP contribution in [0.25, 0.3) is 0 Å². The Labute approximate surface area is 109 Å². The number of hydrogen-bond acceptors (Lipinski definition) is 3. The highest BCUT2D eigenvalue weighted by molar-refractivity contribution is 6.30. The van der Waals surface area contributed by atoms with Gasteiger partial charge in [-0.3, -0.25) is 19.8 Å². The van der Waals surface area contributed by atoms with Crippen LogP contribution in [0.15, 0.2) is 24.3 Å². The maximum Gasteiger partial charge on any atom is 0.270 e. The zero-order valence-electron chi connectivity index (χ0n) is 9.48. The molecular weight excluding hydrogens is 256 g/mol. The normalized spacial score (nSPS) is 15.7. The Hall–Kier alpha value is -1.88. The monoisotopic (exact) mass is 266 g/mol. The molecule has 1 fully saturated rings. The second-order valence-electron chi connectivity index (χ2n) is 3.92. The van der Waals surface area contributed by atoms with E-state index < -0.39 is 5.91 Å². The number of benzene rings is 1. The third kappa shape index (κ3) is 2.68. The van der Waals surface area contributed by atoms with Crippen molar-refractivity contribution in [2.75, 3.05) is 0 Å². The van der Waals surface area contributed by atoms with E-state index in [2.05, 4.69) is 5.43 Å². The number of nitrogens with one attached hydrogen (secondary N) is 1. The van der Waals surface area contributed by atoms with Gasteiger partial charge in [-0.05, 0) is 30.7 Å². The third-order valence-corrected chi connectivity index (χ3v) is 2.85. The van der Waals surface area contributed by atoms with Gasteiger partial charge in [0.1, 0.15) is 0 Å². The van der Waals surface area contributed by atoms with Crippen molar-refractivity contribution in [2.24, 2.45) is 0 Å². The lowest BCUT2D eigenvalue weighted by Gasteiger charge is -2.24. The number of amides is 3. The molecule has 1 heterocycles. The van der Waals surface area contributed by atoms with Crippen LogP contribution in [0.1, 0.15) is 29.6 Å². The number of nitrogens with zero attached hydrogens (tertiary/aromatic N) is 1. The molecule has 2 rings (SSSR count). The SMILES string of the molecule is O=C(NN1C(=O)CCCC1=O)c1ccc(Cl)cc1. The van der Waals surface area contributed by atoms with Gasteiger partial charge in [-0.15, -0.1) is 0 Å². The van der Waals surface area contributed by atoms with Crippen LogP contribution >= 0.6 is 11.6 Å². The number of carbonyl (C=O) groups excluding carboxylic acids is 3. The van der Waals surface area contributed by atoms with Gasteiger partial charge in [-0.25, -0.2) is 0 Å². The smallest absolute Gasteiger partial charge is 0.270 e. The van der Waals surface area contributed by atoms with Crippen LogP contribution in [0.3, 0.4) is 0 Å². The molecule has 6 heteroatoms. The molecular formula is C12H11ClN2O3. The van der Waals surface area contributed by atoms with Crippen LogP contribution in [0.4, 0.5) is 0 Å². The third-order valence-electron chi connectivity index (χ3n) is 2.60. The minimum Gasteiger partial charge on any atom is -0.273 e. The molecule has 3 amide bonds. The summed E-state index contributed by atoms with van der Waals surface area (Å²) in [5, 5.41) is 1.30. The molecule has 1 N–H and O–H groups in total. The van der Waals surface area contributed by atoms with E-state index in [1.807, 2.05) is 0 Å². The van der Waals surface area contributed by atoms with E-state index in [1.54, 1.807) is 12.1 Å². The first-order valence-corrected chi connectivity index (χ1v) is 5.88. The van der Waals surface area contributed by atoms with Crippen molar-refractivity contribution in [1.82, 2.24) is 10.4 Å². The van der Waals surface area contributed by atoms with E-state index in [4.69, 9.17) is 11.6 Å². The number of halogens is 1. The van der Waals surface area contributed by atoms with Gasteiger partial charge in [0.25, 0.3) is 5.91 Å². The lowest BCUT2D eigenvalue weighted by atomic mass is 10.1. The highest BCUT2D eigenvalue weighted by Gasteiger charge is 2.27. The Kier molecular flexibility index (Phi) is 3.62. The van der Waals surface area contributed by atoms with E-state index >= 15 is 0 Å². The lowest BCUT2D eigenvalue weighted by molar-refractivity contribution is -0.150. The number of piperidine rings is 1. The Morgan fingerprint density at radius 2 is 1.67 bits per heavy atom. The standard InChI is InChI=1S/C12H11ClN2O3/c13-9-6-4-8(5-7-9)12(18)14-15-10(16)2-1-3-11(15)17/h4-7H,1-3H2,(H,14,18). The Bertz CT molecular complexity index is 483. The molecule has 18 heavy (non-hydrogen) atoms. The molecule has 1 aromatic carbocycles. The minimum atomic E-state index is -0.504. The fraction of sp³-hybridized carbons (Fsp3) is 0.250. The van der Waals surface area contributed by atoms with Crippen molar-refractivity contribution in [3.05, 3.63) is 34.9 Å². The van der Waals surface area contributed by atoms with E-state index in [0.717, 1.165) is 5.01 Å². The van der Waals surface area contributed by atoms with E-state index in [-0.39, 0.29) is 24.7 Å². The molecule has 0 aromatic heterocycles. The quantitative estimate of drug-likeness (QED) is 0.826. The first-order chi connectivity index (χ1) is 8.58. The lowest BCUT2D eigenvalue weighted by Crippen LogP contribution is -2.51. The fourth-order valence-electron chi connectivity index (χ4n) is 1.65. The molecule has 1 saturated heterocycles. The predicted octanol–water partition coefficient (Wildman–Crippen LogP) is 1.52. The highest BCUT2D eigenvalue weighted by atomic mass is 35.5. The van der Waals surface area contributed by atoms with E-state index in [0.29, 0.717) is 17.0 Å². The summed E-state index contributed by atoms with van der Waals surface area (Å²) < 4.78 is 0. The van der Waals surface area contributed by atoms with Crippen LogP contribution < -0.4 is 5.43 Å². The average molecular weight is 267 g/mol. The van der Waals surface area contributed by atoms with Gasteiger partial charge in [0.2, 0.25) is 11.8 Å². The molecule has 0 radical (unpaired) electrons. The van der Waals surface area contributed by atoms with Gasteiger partial charge in [0.15, 0.2) is 0 Å². The second kappa shape index (κ2) is 5.18. The number of hydrazine groups is 1.